The van der Waals surface area contributed by atoms with Crippen molar-refractivity contribution in [3.63, 3.8) is 0 Å². The van der Waals surface area contributed by atoms with Crippen LogP contribution < -0.4 is 0 Å². The number of nitrogens with zero attached hydrogens (tertiary/aromatic N) is 1. The Hall–Kier alpha value is -1.55. The summed E-state index contributed by atoms with van der Waals surface area (Å²) in [6.07, 6.45) is 1.99. The van der Waals surface area contributed by atoms with Gasteiger partial charge in [0.2, 0.25) is 5.91 Å². The van der Waals surface area contributed by atoms with E-state index in [4.69, 9.17) is 16.7 Å². The quantitative estimate of drug-likeness (QED) is 0.887. The van der Waals surface area contributed by atoms with E-state index in [0.29, 0.717) is 5.02 Å². The Balaban J connectivity index is 2.02. The third-order valence-corrected chi connectivity index (χ3v) is 3.09. The Bertz CT molecular complexity index is 471. The first kappa shape index (κ1) is 12.9. The van der Waals surface area contributed by atoms with Crippen molar-refractivity contribution in [1.29, 1.82) is 0 Å². The smallest absolute Gasteiger partial charge is 0.323 e. The average molecular weight is 268 g/mol. The summed E-state index contributed by atoms with van der Waals surface area (Å²) in [7, 11) is 0. The molecule has 1 aromatic rings. The topological polar surface area (TPSA) is 57.6 Å². The molecule has 18 heavy (non-hydrogen) atoms. The molecule has 1 N–H and O–H groups in total. The third-order valence-electron chi connectivity index (χ3n) is 2.86. The number of carbonyl (C=O) groups excluding carboxylic acids is 1. The van der Waals surface area contributed by atoms with Crippen LogP contribution in [0.4, 0.5) is 0 Å². The average Bonchev–Trinajstić information content (AvgIpc) is 3.09. The summed E-state index contributed by atoms with van der Waals surface area (Å²) in [6, 6.07) is 7.17. The number of hydrogen-bond donors (Lipinski definition) is 1. The van der Waals surface area contributed by atoms with E-state index >= 15 is 0 Å². The molecular formula is C13H14ClNO3. The van der Waals surface area contributed by atoms with E-state index in [1.807, 2.05) is 6.07 Å². The van der Waals surface area contributed by atoms with E-state index in [-0.39, 0.29) is 24.9 Å². The lowest BCUT2D eigenvalue weighted by atomic mass is 10.1. The van der Waals surface area contributed by atoms with Crippen LogP contribution in [0.2, 0.25) is 5.02 Å². The Morgan fingerprint density at radius 2 is 2.11 bits per heavy atom. The van der Waals surface area contributed by atoms with Crippen molar-refractivity contribution in [2.75, 3.05) is 6.54 Å². The highest BCUT2D eigenvalue weighted by Gasteiger charge is 2.33. The normalized spacial score (nSPS) is 14.3. The molecule has 0 saturated heterocycles. The van der Waals surface area contributed by atoms with Gasteiger partial charge < -0.3 is 10.0 Å². The van der Waals surface area contributed by atoms with E-state index in [2.05, 4.69) is 0 Å². The largest absolute Gasteiger partial charge is 0.480 e. The van der Waals surface area contributed by atoms with Gasteiger partial charge in [0.1, 0.15) is 6.54 Å². The molecule has 1 aliphatic carbocycles. The fraction of sp³-hybridized carbons (Fsp3) is 0.385. The number of carbonyl (C=O) groups is 2. The predicted octanol–water partition coefficient (Wildman–Crippen LogP) is 1.96. The molecule has 0 spiro atoms. The van der Waals surface area contributed by atoms with E-state index in [1.165, 1.54) is 4.90 Å². The van der Waals surface area contributed by atoms with Gasteiger partial charge in [0, 0.05) is 11.1 Å². The SMILES string of the molecule is O=C(O)CN(C(=O)Cc1cccc(Cl)c1)C1CC1. The Labute approximate surface area is 110 Å². The van der Waals surface area contributed by atoms with Crippen molar-refractivity contribution >= 4 is 23.5 Å². The number of carboxylic acids is 1. The van der Waals surface area contributed by atoms with Gasteiger partial charge in [-0.15, -0.1) is 0 Å². The number of rotatable bonds is 5. The molecule has 2 rings (SSSR count). The van der Waals surface area contributed by atoms with Gasteiger partial charge in [-0.05, 0) is 30.5 Å². The lowest BCUT2D eigenvalue weighted by molar-refractivity contribution is -0.144. The van der Waals surface area contributed by atoms with Crippen molar-refractivity contribution in [3.8, 4) is 0 Å². The van der Waals surface area contributed by atoms with Crippen LogP contribution in [0.5, 0.6) is 0 Å². The molecule has 0 bridgehead atoms. The maximum Gasteiger partial charge on any atom is 0.323 e. The highest BCUT2D eigenvalue weighted by atomic mass is 35.5. The van der Waals surface area contributed by atoms with Crippen LogP contribution in [0.3, 0.4) is 0 Å². The first-order chi connectivity index (χ1) is 8.56. The molecule has 1 amide bonds. The standard InChI is InChI=1S/C13H14ClNO3/c14-10-3-1-2-9(6-10)7-12(16)15(8-13(17)18)11-4-5-11/h1-3,6,11H,4-5,7-8H2,(H,17,18). The molecule has 96 valence electrons. The first-order valence-corrected chi connectivity index (χ1v) is 6.20. The second kappa shape index (κ2) is 5.40. The molecule has 1 saturated carbocycles. The highest BCUT2D eigenvalue weighted by molar-refractivity contribution is 6.30. The minimum absolute atomic E-state index is 0.104. The van der Waals surface area contributed by atoms with Crippen molar-refractivity contribution in [2.24, 2.45) is 0 Å². The molecule has 1 aliphatic rings. The summed E-state index contributed by atoms with van der Waals surface area (Å²) in [5.41, 5.74) is 0.809. The summed E-state index contributed by atoms with van der Waals surface area (Å²) >= 11 is 5.85. The monoisotopic (exact) mass is 267 g/mol. The van der Waals surface area contributed by atoms with Crippen LogP contribution in [-0.4, -0.2) is 34.5 Å². The van der Waals surface area contributed by atoms with Crippen LogP contribution in [0.15, 0.2) is 24.3 Å². The minimum Gasteiger partial charge on any atom is -0.480 e. The zero-order valence-corrected chi connectivity index (χ0v) is 10.6. The zero-order chi connectivity index (χ0) is 13.1. The predicted molar refractivity (Wildman–Crippen MR) is 67.5 cm³/mol. The van der Waals surface area contributed by atoms with Gasteiger partial charge in [0.05, 0.1) is 6.42 Å². The van der Waals surface area contributed by atoms with E-state index < -0.39 is 5.97 Å². The summed E-state index contributed by atoms with van der Waals surface area (Å²) in [6.45, 7) is -0.218. The molecule has 1 aromatic carbocycles. The van der Waals surface area contributed by atoms with Crippen LogP contribution >= 0.6 is 11.6 Å². The van der Waals surface area contributed by atoms with Crippen LogP contribution in [-0.2, 0) is 16.0 Å². The zero-order valence-electron chi connectivity index (χ0n) is 9.80. The number of aliphatic carboxylic acids is 1. The number of amides is 1. The number of carboxylic acid groups (broad SMARTS) is 1. The molecule has 0 aliphatic heterocycles. The van der Waals surface area contributed by atoms with E-state index in [9.17, 15) is 9.59 Å². The van der Waals surface area contributed by atoms with Crippen molar-refractivity contribution < 1.29 is 14.7 Å². The van der Waals surface area contributed by atoms with Crippen LogP contribution in [0.25, 0.3) is 0 Å². The summed E-state index contributed by atoms with van der Waals surface area (Å²) in [5, 5.41) is 9.38. The van der Waals surface area contributed by atoms with Gasteiger partial charge in [-0.25, -0.2) is 0 Å². The van der Waals surface area contributed by atoms with Crippen LogP contribution in [0.1, 0.15) is 18.4 Å². The van der Waals surface area contributed by atoms with E-state index in [0.717, 1.165) is 18.4 Å². The van der Waals surface area contributed by atoms with Crippen LogP contribution in [0, 0.1) is 0 Å². The first-order valence-electron chi connectivity index (χ1n) is 5.82. The van der Waals surface area contributed by atoms with Crippen molar-refractivity contribution in [2.45, 2.75) is 25.3 Å². The molecule has 0 aromatic heterocycles. The fourth-order valence-corrected chi connectivity index (χ4v) is 2.09. The second-order valence-electron chi connectivity index (χ2n) is 4.45. The lowest BCUT2D eigenvalue weighted by Crippen LogP contribution is -2.38. The highest BCUT2D eigenvalue weighted by Crippen LogP contribution is 2.27. The lowest BCUT2D eigenvalue weighted by Gasteiger charge is -2.20. The molecule has 0 radical (unpaired) electrons. The van der Waals surface area contributed by atoms with Gasteiger partial charge in [-0.1, -0.05) is 23.7 Å². The van der Waals surface area contributed by atoms with Crippen molar-refractivity contribution in [3.05, 3.63) is 34.9 Å². The van der Waals surface area contributed by atoms with Crippen molar-refractivity contribution in [1.82, 2.24) is 4.90 Å². The number of benzene rings is 1. The fourth-order valence-electron chi connectivity index (χ4n) is 1.88. The molecule has 0 heterocycles. The maximum absolute atomic E-state index is 12.1. The van der Waals surface area contributed by atoms with Gasteiger partial charge in [-0.2, -0.15) is 0 Å². The van der Waals surface area contributed by atoms with E-state index in [1.54, 1.807) is 18.2 Å². The van der Waals surface area contributed by atoms with Gasteiger partial charge in [0.25, 0.3) is 0 Å². The van der Waals surface area contributed by atoms with Gasteiger partial charge in [0.15, 0.2) is 0 Å². The molecule has 5 heteroatoms. The number of hydrogen-bond acceptors (Lipinski definition) is 2. The Morgan fingerprint density at radius 1 is 1.39 bits per heavy atom. The molecule has 0 unspecified atom stereocenters. The summed E-state index contributed by atoms with van der Waals surface area (Å²) in [5.74, 6) is -1.12. The molecule has 0 atom stereocenters. The summed E-state index contributed by atoms with van der Waals surface area (Å²) < 4.78 is 0. The Kier molecular flexibility index (Phi) is 3.87. The number of halogens is 1. The molecule has 1 fully saturated rings. The van der Waals surface area contributed by atoms with Gasteiger partial charge >= 0.3 is 5.97 Å². The Morgan fingerprint density at radius 3 is 2.67 bits per heavy atom. The molecular weight excluding hydrogens is 254 g/mol. The maximum atomic E-state index is 12.1. The third kappa shape index (κ3) is 3.47. The summed E-state index contributed by atoms with van der Waals surface area (Å²) in [4.78, 5) is 24.2. The molecule has 4 nitrogen and oxygen atoms in total. The van der Waals surface area contributed by atoms with Gasteiger partial charge in [-0.3, -0.25) is 9.59 Å². The minimum atomic E-state index is -0.971. The second-order valence-corrected chi connectivity index (χ2v) is 4.89.